The molecule has 1 aliphatic heterocycles. The fourth-order valence-electron chi connectivity index (χ4n) is 3.14. The minimum Gasteiger partial charge on any atom is -0.357 e. The maximum Gasteiger partial charge on any atom is 0.227 e. The van der Waals surface area contributed by atoms with Gasteiger partial charge in [-0.2, -0.15) is 0 Å². The monoisotopic (exact) mass is 384 g/mol. The van der Waals surface area contributed by atoms with Crippen LogP contribution in [0.15, 0.2) is 46.8 Å². The van der Waals surface area contributed by atoms with Crippen LogP contribution < -0.4 is 15.5 Å². The molecule has 0 saturated carbocycles. The number of aliphatic imine (C=N–C) groups is 1. The van der Waals surface area contributed by atoms with E-state index in [9.17, 15) is 4.79 Å². The second kappa shape index (κ2) is 9.55. The van der Waals surface area contributed by atoms with Gasteiger partial charge in [0.1, 0.15) is 0 Å². The lowest BCUT2D eigenvalue weighted by Crippen LogP contribution is -2.39. The third-order valence-electron chi connectivity index (χ3n) is 4.69. The Kier molecular flexibility index (Phi) is 6.87. The summed E-state index contributed by atoms with van der Waals surface area (Å²) in [7, 11) is 0. The number of thiophene rings is 1. The summed E-state index contributed by atoms with van der Waals surface area (Å²) in [6.07, 6.45) is 1.61. The van der Waals surface area contributed by atoms with Gasteiger partial charge in [-0.3, -0.25) is 4.79 Å². The zero-order chi connectivity index (χ0) is 19.1. The standard InChI is InChI=1S/C21H28N4OS/c1-3-22-21(23-14-16(2)19-6-5-13-27-19)24-15-17-8-10-18(11-9-17)25-12-4-7-20(25)26/h5-6,8-11,13,16H,3-4,7,12,14-15H2,1-2H3,(H2,22,23,24). The highest BCUT2D eigenvalue weighted by Crippen LogP contribution is 2.22. The molecule has 5 nitrogen and oxygen atoms in total. The molecule has 0 bridgehead atoms. The van der Waals surface area contributed by atoms with Crippen LogP contribution >= 0.6 is 11.3 Å². The van der Waals surface area contributed by atoms with Gasteiger partial charge >= 0.3 is 0 Å². The lowest BCUT2D eigenvalue weighted by atomic mass is 10.1. The molecule has 144 valence electrons. The molecular weight excluding hydrogens is 356 g/mol. The number of hydrogen-bond acceptors (Lipinski definition) is 3. The number of carbonyl (C=O) groups excluding carboxylic acids is 1. The molecule has 2 N–H and O–H groups in total. The minimum atomic E-state index is 0.222. The molecular formula is C21H28N4OS. The molecule has 1 atom stereocenters. The summed E-state index contributed by atoms with van der Waals surface area (Å²) in [6, 6.07) is 12.4. The van der Waals surface area contributed by atoms with Gasteiger partial charge in [-0.15, -0.1) is 11.3 Å². The van der Waals surface area contributed by atoms with Crippen LogP contribution in [0.25, 0.3) is 0 Å². The highest BCUT2D eigenvalue weighted by molar-refractivity contribution is 7.10. The highest BCUT2D eigenvalue weighted by atomic mass is 32.1. The number of nitrogens with zero attached hydrogens (tertiary/aromatic N) is 2. The van der Waals surface area contributed by atoms with E-state index in [4.69, 9.17) is 4.99 Å². The van der Waals surface area contributed by atoms with Crippen molar-refractivity contribution in [2.75, 3.05) is 24.5 Å². The van der Waals surface area contributed by atoms with Crippen LogP contribution in [0.4, 0.5) is 5.69 Å². The van der Waals surface area contributed by atoms with Gasteiger partial charge in [0.25, 0.3) is 0 Å². The molecule has 1 amide bonds. The summed E-state index contributed by atoms with van der Waals surface area (Å²) >= 11 is 1.79. The number of benzene rings is 1. The maximum absolute atomic E-state index is 11.8. The lowest BCUT2D eigenvalue weighted by Gasteiger charge is -2.16. The largest absolute Gasteiger partial charge is 0.357 e. The quantitative estimate of drug-likeness (QED) is 0.565. The fourth-order valence-corrected chi connectivity index (χ4v) is 3.92. The third kappa shape index (κ3) is 5.32. The van der Waals surface area contributed by atoms with Crippen LogP contribution in [0.3, 0.4) is 0 Å². The second-order valence-electron chi connectivity index (χ2n) is 6.81. The Morgan fingerprint density at radius 1 is 1.26 bits per heavy atom. The molecule has 1 aromatic carbocycles. The molecule has 6 heteroatoms. The molecule has 1 saturated heterocycles. The van der Waals surface area contributed by atoms with Crippen molar-refractivity contribution in [3.63, 3.8) is 0 Å². The van der Waals surface area contributed by atoms with Crippen LogP contribution in [0.5, 0.6) is 0 Å². The van der Waals surface area contributed by atoms with Crippen molar-refractivity contribution in [2.45, 2.75) is 39.2 Å². The molecule has 1 fully saturated rings. The Bertz CT molecular complexity index is 755. The molecule has 3 rings (SSSR count). The maximum atomic E-state index is 11.8. The van der Waals surface area contributed by atoms with Gasteiger partial charge in [-0.1, -0.05) is 25.1 Å². The number of hydrogen-bond donors (Lipinski definition) is 2. The number of guanidine groups is 1. The molecule has 1 aromatic heterocycles. The lowest BCUT2D eigenvalue weighted by molar-refractivity contribution is -0.117. The van der Waals surface area contributed by atoms with Crippen molar-refractivity contribution in [3.8, 4) is 0 Å². The highest BCUT2D eigenvalue weighted by Gasteiger charge is 2.21. The van der Waals surface area contributed by atoms with Gasteiger partial charge in [-0.05, 0) is 42.5 Å². The smallest absolute Gasteiger partial charge is 0.227 e. The van der Waals surface area contributed by atoms with Gasteiger partial charge in [0.2, 0.25) is 5.91 Å². The van der Waals surface area contributed by atoms with E-state index in [1.165, 1.54) is 4.88 Å². The molecule has 0 radical (unpaired) electrons. The van der Waals surface area contributed by atoms with Crippen molar-refractivity contribution in [1.29, 1.82) is 0 Å². The SMILES string of the molecule is CCNC(=NCc1ccc(N2CCCC2=O)cc1)NCC(C)c1cccs1. The predicted molar refractivity (Wildman–Crippen MR) is 114 cm³/mol. The summed E-state index contributed by atoms with van der Waals surface area (Å²) in [5.74, 6) is 1.50. The molecule has 0 aliphatic carbocycles. The van der Waals surface area contributed by atoms with Crippen molar-refractivity contribution in [3.05, 3.63) is 52.2 Å². The van der Waals surface area contributed by atoms with Crippen LogP contribution in [0.2, 0.25) is 0 Å². The molecule has 0 spiro atoms. The zero-order valence-electron chi connectivity index (χ0n) is 16.1. The molecule has 2 aromatic rings. The number of nitrogens with one attached hydrogen (secondary N) is 2. The first-order chi connectivity index (χ1) is 13.2. The Hall–Kier alpha value is -2.34. The van der Waals surface area contributed by atoms with Gasteiger partial charge in [-0.25, -0.2) is 4.99 Å². The number of rotatable bonds is 7. The number of amides is 1. The third-order valence-corrected chi connectivity index (χ3v) is 5.79. The first kappa shape index (κ1) is 19.4. The summed E-state index contributed by atoms with van der Waals surface area (Å²) in [5, 5.41) is 8.85. The van der Waals surface area contributed by atoms with Crippen molar-refractivity contribution >= 4 is 28.9 Å². The summed E-state index contributed by atoms with van der Waals surface area (Å²) in [5.41, 5.74) is 2.12. The summed E-state index contributed by atoms with van der Waals surface area (Å²) in [6.45, 7) is 7.41. The second-order valence-corrected chi connectivity index (χ2v) is 7.79. The van der Waals surface area contributed by atoms with E-state index in [2.05, 4.69) is 54.1 Å². The van der Waals surface area contributed by atoms with Crippen LogP contribution in [0, 0.1) is 0 Å². The fraction of sp³-hybridized carbons (Fsp3) is 0.429. The predicted octanol–water partition coefficient (Wildman–Crippen LogP) is 3.73. The van der Waals surface area contributed by atoms with Crippen LogP contribution in [0.1, 0.15) is 43.0 Å². The normalized spacial score (nSPS) is 15.9. The Morgan fingerprint density at radius 3 is 2.70 bits per heavy atom. The Balaban J connectivity index is 1.56. The number of carbonyl (C=O) groups is 1. The zero-order valence-corrected chi connectivity index (χ0v) is 16.9. The molecule has 2 heterocycles. The van der Waals surface area contributed by atoms with Crippen LogP contribution in [-0.4, -0.2) is 31.5 Å². The Morgan fingerprint density at radius 2 is 2.07 bits per heavy atom. The average Bonchev–Trinajstić information content (AvgIpc) is 3.36. The molecule has 1 unspecified atom stereocenters. The minimum absolute atomic E-state index is 0.222. The van der Waals surface area contributed by atoms with Crippen molar-refractivity contribution in [2.24, 2.45) is 4.99 Å². The van der Waals surface area contributed by atoms with E-state index >= 15 is 0 Å². The average molecular weight is 385 g/mol. The van der Waals surface area contributed by atoms with Crippen LogP contribution in [-0.2, 0) is 11.3 Å². The summed E-state index contributed by atoms with van der Waals surface area (Å²) in [4.78, 5) is 19.8. The van der Waals surface area contributed by atoms with E-state index in [0.29, 0.717) is 18.9 Å². The first-order valence-electron chi connectivity index (χ1n) is 9.62. The topological polar surface area (TPSA) is 56.7 Å². The van der Waals surface area contributed by atoms with Crippen molar-refractivity contribution in [1.82, 2.24) is 10.6 Å². The van der Waals surface area contributed by atoms with Gasteiger partial charge in [0, 0.05) is 42.5 Å². The van der Waals surface area contributed by atoms with E-state index in [0.717, 1.165) is 43.3 Å². The van der Waals surface area contributed by atoms with E-state index < -0.39 is 0 Å². The first-order valence-corrected chi connectivity index (χ1v) is 10.5. The van der Waals surface area contributed by atoms with Gasteiger partial charge in [0.05, 0.1) is 6.54 Å². The number of anilines is 1. The van der Waals surface area contributed by atoms with Crippen molar-refractivity contribution < 1.29 is 4.79 Å². The molecule has 27 heavy (non-hydrogen) atoms. The van der Waals surface area contributed by atoms with E-state index in [-0.39, 0.29) is 5.91 Å². The van der Waals surface area contributed by atoms with Gasteiger partial charge in [0.15, 0.2) is 5.96 Å². The van der Waals surface area contributed by atoms with E-state index in [1.807, 2.05) is 17.0 Å². The molecule has 1 aliphatic rings. The Labute approximate surface area is 165 Å². The van der Waals surface area contributed by atoms with Gasteiger partial charge < -0.3 is 15.5 Å². The van der Waals surface area contributed by atoms with E-state index in [1.54, 1.807) is 11.3 Å². The summed E-state index contributed by atoms with van der Waals surface area (Å²) < 4.78 is 0.